The summed E-state index contributed by atoms with van der Waals surface area (Å²) in [6.45, 7) is 2.09. The van der Waals surface area contributed by atoms with Gasteiger partial charge in [0.2, 0.25) is 0 Å². The molecule has 0 atom stereocenters. The van der Waals surface area contributed by atoms with Crippen LogP contribution in [0.2, 0.25) is 0 Å². The van der Waals surface area contributed by atoms with Crippen molar-refractivity contribution in [2.45, 2.75) is 18.4 Å². The van der Waals surface area contributed by atoms with E-state index >= 15 is 0 Å². The molecule has 0 radical (unpaired) electrons. The number of aromatic amines is 1. The molecular weight excluding hydrogens is 256 g/mol. The van der Waals surface area contributed by atoms with E-state index in [2.05, 4.69) is 20.2 Å². The van der Waals surface area contributed by atoms with Crippen molar-refractivity contribution in [2.24, 2.45) is 0 Å². The van der Waals surface area contributed by atoms with E-state index in [1.165, 1.54) is 18.5 Å². The van der Waals surface area contributed by atoms with Gasteiger partial charge in [-0.05, 0) is 14.0 Å². The second-order valence-corrected chi connectivity index (χ2v) is 5.41. The average molecular weight is 270 g/mol. The minimum atomic E-state index is -3.64. The van der Waals surface area contributed by atoms with Gasteiger partial charge in [0.1, 0.15) is 16.4 Å². The van der Waals surface area contributed by atoms with Crippen LogP contribution in [0.15, 0.2) is 27.8 Å². The predicted octanol–water partition coefficient (Wildman–Crippen LogP) is 0.831. The van der Waals surface area contributed by atoms with E-state index in [4.69, 9.17) is 4.42 Å². The Hall–Kier alpha value is -1.80. The molecule has 0 aromatic carbocycles. The molecule has 0 aliphatic carbocycles. The second-order valence-electron chi connectivity index (χ2n) is 3.76. The largest absolute Gasteiger partial charge is 0.464 e. The monoisotopic (exact) mass is 270 g/mol. The van der Waals surface area contributed by atoms with Crippen LogP contribution in [0.3, 0.4) is 0 Å². The SMILES string of the molecule is CNCc1cc(S(=O)(=O)Nc2cn[nH]c2)c(C)o1. The Morgan fingerprint density at radius 2 is 2.28 bits per heavy atom. The van der Waals surface area contributed by atoms with Crippen LogP contribution in [0, 0.1) is 6.92 Å². The summed E-state index contributed by atoms with van der Waals surface area (Å²) in [5.74, 6) is 0.929. The number of aryl methyl sites for hydroxylation is 1. The van der Waals surface area contributed by atoms with Crippen LogP contribution < -0.4 is 10.0 Å². The minimum absolute atomic E-state index is 0.133. The predicted molar refractivity (Wildman–Crippen MR) is 65.6 cm³/mol. The highest BCUT2D eigenvalue weighted by Crippen LogP contribution is 2.22. The van der Waals surface area contributed by atoms with Gasteiger partial charge in [0.05, 0.1) is 18.4 Å². The lowest BCUT2D eigenvalue weighted by molar-refractivity contribution is 0.466. The topological polar surface area (TPSA) is 100 Å². The van der Waals surface area contributed by atoms with Gasteiger partial charge in [-0.1, -0.05) is 0 Å². The van der Waals surface area contributed by atoms with Crippen LogP contribution in [-0.2, 0) is 16.6 Å². The third-order valence-corrected chi connectivity index (χ3v) is 3.80. The summed E-state index contributed by atoms with van der Waals surface area (Å²) in [6, 6.07) is 1.51. The van der Waals surface area contributed by atoms with E-state index in [0.717, 1.165) is 0 Å². The smallest absolute Gasteiger partial charge is 0.265 e. The fourth-order valence-electron chi connectivity index (χ4n) is 1.57. The van der Waals surface area contributed by atoms with Crippen molar-refractivity contribution >= 4 is 15.7 Å². The van der Waals surface area contributed by atoms with Crippen LogP contribution in [0.5, 0.6) is 0 Å². The normalized spacial score (nSPS) is 11.7. The standard InChI is InChI=1S/C10H14N4O3S/c1-7-10(3-9(17-7)6-11-2)18(15,16)14-8-4-12-13-5-8/h3-5,11,14H,6H2,1-2H3,(H,12,13). The number of hydrogen-bond donors (Lipinski definition) is 3. The molecule has 98 valence electrons. The number of anilines is 1. The van der Waals surface area contributed by atoms with E-state index in [-0.39, 0.29) is 4.90 Å². The third-order valence-electron chi connectivity index (χ3n) is 2.31. The Balaban J connectivity index is 2.29. The molecule has 2 heterocycles. The number of furan rings is 1. The number of hydrogen-bond acceptors (Lipinski definition) is 5. The summed E-state index contributed by atoms with van der Waals surface area (Å²) in [7, 11) is -1.88. The zero-order valence-electron chi connectivity index (χ0n) is 10.0. The lowest BCUT2D eigenvalue weighted by Crippen LogP contribution is -2.12. The molecule has 0 unspecified atom stereocenters. The summed E-state index contributed by atoms with van der Waals surface area (Å²) in [4.78, 5) is 0.133. The molecule has 0 bridgehead atoms. The highest BCUT2D eigenvalue weighted by atomic mass is 32.2. The van der Waals surface area contributed by atoms with Crippen molar-refractivity contribution < 1.29 is 12.8 Å². The Kier molecular flexibility index (Phi) is 3.39. The second kappa shape index (κ2) is 4.83. The molecule has 7 nitrogen and oxygen atoms in total. The molecule has 0 spiro atoms. The molecule has 0 aliphatic heterocycles. The van der Waals surface area contributed by atoms with Gasteiger partial charge < -0.3 is 9.73 Å². The number of sulfonamides is 1. The van der Waals surface area contributed by atoms with Gasteiger partial charge in [-0.25, -0.2) is 8.42 Å². The van der Waals surface area contributed by atoms with Gasteiger partial charge in [-0.15, -0.1) is 0 Å². The van der Waals surface area contributed by atoms with Gasteiger partial charge >= 0.3 is 0 Å². The maximum Gasteiger partial charge on any atom is 0.265 e. The molecule has 0 amide bonds. The lowest BCUT2D eigenvalue weighted by atomic mass is 10.4. The van der Waals surface area contributed by atoms with Crippen molar-refractivity contribution in [3.8, 4) is 0 Å². The van der Waals surface area contributed by atoms with Gasteiger partial charge in [0.15, 0.2) is 0 Å². The molecule has 0 saturated carbocycles. The van der Waals surface area contributed by atoms with E-state index in [1.807, 2.05) is 0 Å². The number of aromatic nitrogens is 2. The van der Waals surface area contributed by atoms with Gasteiger partial charge in [-0.2, -0.15) is 5.10 Å². The Morgan fingerprint density at radius 1 is 1.50 bits per heavy atom. The van der Waals surface area contributed by atoms with Crippen molar-refractivity contribution in [2.75, 3.05) is 11.8 Å². The molecule has 2 aromatic rings. The van der Waals surface area contributed by atoms with Crippen LogP contribution in [0.1, 0.15) is 11.5 Å². The quantitative estimate of drug-likeness (QED) is 0.747. The molecule has 0 fully saturated rings. The fourth-order valence-corrected chi connectivity index (χ4v) is 2.81. The maximum absolute atomic E-state index is 12.1. The number of H-pyrrole nitrogens is 1. The van der Waals surface area contributed by atoms with Crippen LogP contribution in [-0.4, -0.2) is 25.7 Å². The summed E-state index contributed by atoms with van der Waals surface area (Å²) in [5, 5.41) is 9.10. The van der Waals surface area contributed by atoms with Gasteiger partial charge in [0.25, 0.3) is 10.0 Å². The lowest BCUT2D eigenvalue weighted by Gasteiger charge is -2.03. The maximum atomic E-state index is 12.1. The third kappa shape index (κ3) is 2.54. The molecule has 8 heteroatoms. The van der Waals surface area contributed by atoms with Gasteiger partial charge in [0, 0.05) is 12.3 Å². The van der Waals surface area contributed by atoms with Crippen molar-refractivity contribution in [1.82, 2.24) is 15.5 Å². The molecular formula is C10H14N4O3S. The van der Waals surface area contributed by atoms with Crippen molar-refractivity contribution in [3.05, 3.63) is 30.0 Å². The molecule has 3 N–H and O–H groups in total. The molecule has 0 aliphatic rings. The first kappa shape index (κ1) is 12.7. The Labute approximate surface area is 105 Å². The van der Waals surface area contributed by atoms with E-state index in [0.29, 0.717) is 23.8 Å². The van der Waals surface area contributed by atoms with Crippen LogP contribution >= 0.6 is 0 Å². The molecule has 18 heavy (non-hydrogen) atoms. The zero-order valence-corrected chi connectivity index (χ0v) is 10.8. The van der Waals surface area contributed by atoms with Crippen molar-refractivity contribution in [1.29, 1.82) is 0 Å². The van der Waals surface area contributed by atoms with E-state index in [9.17, 15) is 8.42 Å². The first-order valence-corrected chi connectivity index (χ1v) is 6.77. The first-order valence-electron chi connectivity index (χ1n) is 5.28. The number of nitrogens with one attached hydrogen (secondary N) is 3. The Bertz CT molecular complexity index is 616. The summed E-state index contributed by atoms with van der Waals surface area (Å²) in [5.41, 5.74) is 0.380. The summed E-state index contributed by atoms with van der Waals surface area (Å²) in [6.07, 6.45) is 2.85. The minimum Gasteiger partial charge on any atom is -0.464 e. The van der Waals surface area contributed by atoms with Gasteiger partial charge in [-0.3, -0.25) is 9.82 Å². The highest BCUT2D eigenvalue weighted by Gasteiger charge is 2.21. The van der Waals surface area contributed by atoms with E-state index in [1.54, 1.807) is 14.0 Å². The zero-order chi connectivity index (χ0) is 13.2. The molecule has 0 saturated heterocycles. The van der Waals surface area contributed by atoms with Crippen LogP contribution in [0.25, 0.3) is 0 Å². The van der Waals surface area contributed by atoms with Crippen molar-refractivity contribution in [3.63, 3.8) is 0 Å². The summed E-state index contributed by atoms with van der Waals surface area (Å²) >= 11 is 0. The van der Waals surface area contributed by atoms with Crippen LogP contribution in [0.4, 0.5) is 5.69 Å². The number of rotatable bonds is 5. The molecule has 2 rings (SSSR count). The van der Waals surface area contributed by atoms with E-state index < -0.39 is 10.0 Å². The first-order chi connectivity index (χ1) is 8.53. The average Bonchev–Trinajstić information content (AvgIpc) is 2.88. The highest BCUT2D eigenvalue weighted by molar-refractivity contribution is 7.92. The Morgan fingerprint density at radius 3 is 2.89 bits per heavy atom. The fraction of sp³-hybridized carbons (Fsp3) is 0.300. The molecule has 2 aromatic heterocycles. The summed E-state index contributed by atoms with van der Waals surface area (Å²) < 4.78 is 32.0. The number of nitrogens with zero attached hydrogens (tertiary/aromatic N) is 1.